The number of carboxylic acids is 1. The summed E-state index contributed by atoms with van der Waals surface area (Å²) in [6.07, 6.45) is 1.60. The molecule has 0 saturated carbocycles. The average Bonchev–Trinajstić information content (AvgIpc) is 2.42. The van der Waals surface area contributed by atoms with Crippen molar-refractivity contribution in [2.75, 3.05) is 31.7 Å². The van der Waals surface area contributed by atoms with E-state index in [0.29, 0.717) is 19.7 Å². The third-order valence-electron chi connectivity index (χ3n) is 2.68. The third kappa shape index (κ3) is 3.79. The molecule has 7 heteroatoms. The standard InChI is InChI=1S/C13H16N2O5/c1-3-6-14(7-8-20-2)12-9-10(15(18)19)4-5-11(12)13(16)17/h3-5,9H,1,6-8H2,2H3,(H,16,17). The normalized spacial score (nSPS) is 10.1. The summed E-state index contributed by atoms with van der Waals surface area (Å²) in [4.78, 5) is 23.2. The highest BCUT2D eigenvalue weighted by Crippen LogP contribution is 2.26. The number of hydrogen-bond acceptors (Lipinski definition) is 5. The van der Waals surface area contributed by atoms with Crippen molar-refractivity contribution in [2.24, 2.45) is 0 Å². The lowest BCUT2D eigenvalue weighted by atomic mass is 10.1. The highest BCUT2D eigenvalue weighted by atomic mass is 16.6. The van der Waals surface area contributed by atoms with Gasteiger partial charge in [-0.05, 0) is 6.07 Å². The van der Waals surface area contributed by atoms with E-state index in [9.17, 15) is 20.0 Å². The Morgan fingerprint density at radius 2 is 2.30 bits per heavy atom. The molecule has 0 bridgehead atoms. The van der Waals surface area contributed by atoms with Crippen molar-refractivity contribution in [3.63, 3.8) is 0 Å². The van der Waals surface area contributed by atoms with E-state index in [1.54, 1.807) is 11.0 Å². The topological polar surface area (TPSA) is 92.9 Å². The molecule has 108 valence electrons. The van der Waals surface area contributed by atoms with Crippen LogP contribution in [0.15, 0.2) is 30.9 Å². The number of benzene rings is 1. The molecule has 0 amide bonds. The molecule has 0 aliphatic carbocycles. The summed E-state index contributed by atoms with van der Waals surface area (Å²) in [6.45, 7) is 4.75. The van der Waals surface area contributed by atoms with Crippen molar-refractivity contribution in [3.05, 3.63) is 46.5 Å². The van der Waals surface area contributed by atoms with Crippen LogP contribution in [0.2, 0.25) is 0 Å². The number of rotatable bonds is 8. The fourth-order valence-corrected chi connectivity index (χ4v) is 1.74. The number of non-ortho nitro benzene ring substituents is 1. The lowest BCUT2D eigenvalue weighted by Crippen LogP contribution is -2.29. The largest absolute Gasteiger partial charge is 0.478 e. The van der Waals surface area contributed by atoms with E-state index in [2.05, 4.69) is 6.58 Å². The Morgan fingerprint density at radius 1 is 1.60 bits per heavy atom. The molecule has 1 aromatic carbocycles. The molecule has 0 saturated heterocycles. The van der Waals surface area contributed by atoms with Gasteiger partial charge in [0, 0.05) is 32.3 Å². The van der Waals surface area contributed by atoms with Crippen molar-refractivity contribution in [3.8, 4) is 0 Å². The fourth-order valence-electron chi connectivity index (χ4n) is 1.74. The number of anilines is 1. The van der Waals surface area contributed by atoms with Gasteiger partial charge in [0.25, 0.3) is 5.69 Å². The molecule has 1 aromatic rings. The van der Waals surface area contributed by atoms with Gasteiger partial charge in [0.05, 0.1) is 22.8 Å². The Labute approximate surface area is 116 Å². The smallest absolute Gasteiger partial charge is 0.337 e. The molecule has 0 radical (unpaired) electrons. The average molecular weight is 280 g/mol. The summed E-state index contributed by atoms with van der Waals surface area (Å²) < 4.78 is 4.96. The minimum atomic E-state index is -1.14. The number of hydrogen-bond donors (Lipinski definition) is 1. The van der Waals surface area contributed by atoms with Crippen LogP contribution in [0.1, 0.15) is 10.4 Å². The van der Waals surface area contributed by atoms with Gasteiger partial charge in [0.1, 0.15) is 0 Å². The van der Waals surface area contributed by atoms with E-state index in [1.165, 1.54) is 25.3 Å². The SMILES string of the molecule is C=CCN(CCOC)c1cc([N+](=O)[O-])ccc1C(=O)O. The van der Waals surface area contributed by atoms with Crippen LogP contribution in [0.5, 0.6) is 0 Å². The summed E-state index contributed by atoms with van der Waals surface area (Å²) >= 11 is 0. The zero-order chi connectivity index (χ0) is 15.1. The first-order valence-corrected chi connectivity index (χ1v) is 5.87. The Bertz CT molecular complexity index is 515. The second-order valence-electron chi connectivity index (χ2n) is 3.99. The van der Waals surface area contributed by atoms with Crippen LogP contribution in [0.25, 0.3) is 0 Å². The molecule has 0 unspecified atom stereocenters. The monoisotopic (exact) mass is 280 g/mol. The van der Waals surface area contributed by atoms with Gasteiger partial charge in [-0.15, -0.1) is 6.58 Å². The van der Waals surface area contributed by atoms with Gasteiger partial charge >= 0.3 is 5.97 Å². The minimum Gasteiger partial charge on any atom is -0.478 e. The van der Waals surface area contributed by atoms with E-state index in [-0.39, 0.29) is 16.9 Å². The molecule has 0 aliphatic heterocycles. The maximum atomic E-state index is 11.2. The van der Waals surface area contributed by atoms with Crippen LogP contribution in [0.3, 0.4) is 0 Å². The predicted octanol–water partition coefficient (Wildman–Crippen LogP) is 1.93. The van der Waals surface area contributed by atoms with E-state index in [0.717, 1.165) is 0 Å². The third-order valence-corrected chi connectivity index (χ3v) is 2.68. The molecule has 0 fully saturated rings. The molecule has 20 heavy (non-hydrogen) atoms. The number of ether oxygens (including phenoxy) is 1. The summed E-state index contributed by atoms with van der Waals surface area (Å²) in [7, 11) is 1.53. The van der Waals surface area contributed by atoms with E-state index in [1.807, 2.05) is 0 Å². The molecule has 0 atom stereocenters. The Balaban J connectivity index is 3.26. The van der Waals surface area contributed by atoms with Crippen molar-refractivity contribution >= 4 is 17.3 Å². The summed E-state index contributed by atoms with van der Waals surface area (Å²) in [5, 5.41) is 20.0. The van der Waals surface area contributed by atoms with Crippen LogP contribution >= 0.6 is 0 Å². The molecular formula is C13H16N2O5. The van der Waals surface area contributed by atoms with Crippen molar-refractivity contribution in [2.45, 2.75) is 0 Å². The maximum Gasteiger partial charge on any atom is 0.337 e. The number of aromatic carboxylic acids is 1. The second-order valence-corrected chi connectivity index (χ2v) is 3.99. The van der Waals surface area contributed by atoms with E-state index < -0.39 is 10.9 Å². The second kappa shape index (κ2) is 7.25. The Morgan fingerprint density at radius 3 is 2.80 bits per heavy atom. The van der Waals surface area contributed by atoms with Crippen LogP contribution in [-0.4, -0.2) is 42.8 Å². The lowest BCUT2D eigenvalue weighted by Gasteiger charge is -2.24. The van der Waals surface area contributed by atoms with Gasteiger partial charge in [0.2, 0.25) is 0 Å². The van der Waals surface area contributed by atoms with Crippen molar-refractivity contribution < 1.29 is 19.6 Å². The Kier molecular flexibility index (Phi) is 5.67. The maximum absolute atomic E-state index is 11.2. The highest BCUT2D eigenvalue weighted by molar-refractivity contribution is 5.95. The molecule has 0 heterocycles. The molecule has 0 spiro atoms. The van der Waals surface area contributed by atoms with E-state index >= 15 is 0 Å². The van der Waals surface area contributed by atoms with Crippen LogP contribution in [0.4, 0.5) is 11.4 Å². The molecule has 0 aromatic heterocycles. The van der Waals surface area contributed by atoms with Crippen LogP contribution in [0, 0.1) is 10.1 Å². The van der Waals surface area contributed by atoms with Gasteiger partial charge < -0.3 is 14.7 Å². The van der Waals surface area contributed by atoms with Gasteiger partial charge in [-0.2, -0.15) is 0 Å². The number of methoxy groups -OCH3 is 1. The van der Waals surface area contributed by atoms with Gasteiger partial charge in [-0.1, -0.05) is 6.08 Å². The van der Waals surface area contributed by atoms with Crippen molar-refractivity contribution in [1.82, 2.24) is 0 Å². The van der Waals surface area contributed by atoms with Crippen molar-refractivity contribution in [1.29, 1.82) is 0 Å². The summed E-state index contributed by atoms with van der Waals surface area (Å²) in [5.41, 5.74) is 0.133. The number of nitro groups is 1. The zero-order valence-electron chi connectivity index (χ0n) is 11.1. The number of nitro benzene ring substituents is 1. The minimum absolute atomic E-state index is 0.00792. The van der Waals surface area contributed by atoms with Crippen LogP contribution in [-0.2, 0) is 4.74 Å². The van der Waals surface area contributed by atoms with Gasteiger partial charge in [0.15, 0.2) is 0 Å². The Hall–Kier alpha value is -2.41. The van der Waals surface area contributed by atoms with Crippen LogP contribution < -0.4 is 4.90 Å². The lowest BCUT2D eigenvalue weighted by molar-refractivity contribution is -0.384. The number of carboxylic acid groups (broad SMARTS) is 1. The molecule has 1 rings (SSSR count). The first kappa shape index (κ1) is 15.6. The van der Waals surface area contributed by atoms with E-state index in [4.69, 9.17) is 4.74 Å². The van der Waals surface area contributed by atoms with Gasteiger partial charge in [-0.25, -0.2) is 4.79 Å². The number of carbonyl (C=O) groups is 1. The zero-order valence-corrected chi connectivity index (χ0v) is 11.1. The quantitative estimate of drug-likeness (QED) is 0.444. The first-order valence-electron chi connectivity index (χ1n) is 5.87. The number of nitrogens with zero attached hydrogens (tertiary/aromatic N) is 2. The predicted molar refractivity (Wildman–Crippen MR) is 74.3 cm³/mol. The highest BCUT2D eigenvalue weighted by Gasteiger charge is 2.19. The van der Waals surface area contributed by atoms with Gasteiger partial charge in [-0.3, -0.25) is 10.1 Å². The molecule has 7 nitrogen and oxygen atoms in total. The first-order chi connectivity index (χ1) is 9.51. The summed E-state index contributed by atoms with van der Waals surface area (Å²) in [6, 6.07) is 3.66. The fraction of sp³-hybridized carbons (Fsp3) is 0.308. The molecular weight excluding hydrogens is 264 g/mol. The molecule has 1 N–H and O–H groups in total. The summed E-state index contributed by atoms with van der Waals surface area (Å²) in [5.74, 6) is -1.14. The molecule has 0 aliphatic rings.